The monoisotopic (exact) mass is 274 g/mol. The molecule has 0 aliphatic carbocycles. The fourth-order valence-electron chi connectivity index (χ4n) is 1.82. The standard InChI is InChI=1S/C15H18N2OS/c1-11(16)15(12-4-3-9-17-10-12)19-14-7-5-13(18-2)6-8-14/h3-11,15H,16H2,1-2H3. The van der Waals surface area contributed by atoms with E-state index in [-0.39, 0.29) is 11.3 Å². The molecule has 2 rings (SSSR count). The Bertz CT molecular complexity index is 499. The highest BCUT2D eigenvalue weighted by Gasteiger charge is 2.17. The first-order chi connectivity index (χ1) is 9.20. The first-order valence-electron chi connectivity index (χ1n) is 6.17. The summed E-state index contributed by atoms with van der Waals surface area (Å²) in [5.74, 6) is 0.864. The van der Waals surface area contributed by atoms with Crippen LogP contribution in [0, 0.1) is 0 Å². The summed E-state index contributed by atoms with van der Waals surface area (Å²) in [6.07, 6.45) is 3.66. The van der Waals surface area contributed by atoms with Crippen LogP contribution in [-0.2, 0) is 0 Å². The fourth-order valence-corrected chi connectivity index (χ4v) is 2.90. The summed E-state index contributed by atoms with van der Waals surface area (Å²) in [6.45, 7) is 2.02. The number of thioether (sulfide) groups is 1. The third-order valence-electron chi connectivity index (χ3n) is 2.81. The van der Waals surface area contributed by atoms with Crippen molar-refractivity contribution in [3.05, 3.63) is 54.4 Å². The second kappa shape index (κ2) is 6.59. The molecular formula is C15H18N2OS. The predicted molar refractivity (Wildman–Crippen MR) is 79.5 cm³/mol. The Labute approximate surface area is 118 Å². The van der Waals surface area contributed by atoms with E-state index >= 15 is 0 Å². The summed E-state index contributed by atoms with van der Waals surface area (Å²) < 4.78 is 5.16. The lowest BCUT2D eigenvalue weighted by molar-refractivity contribution is 0.414. The van der Waals surface area contributed by atoms with Gasteiger partial charge in [-0.2, -0.15) is 0 Å². The molecule has 100 valence electrons. The quantitative estimate of drug-likeness (QED) is 0.850. The first kappa shape index (κ1) is 13.9. The van der Waals surface area contributed by atoms with E-state index in [2.05, 4.69) is 23.2 Å². The highest BCUT2D eigenvalue weighted by Crippen LogP contribution is 2.37. The Balaban J connectivity index is 2.17. The van der Waals surface area contributed by atoms with E-state index in [0.29, 0.717) is 0 Å². The van der Waals surface area contributed by atoms with Crippen LogP contribution in [0.3, 0.4) is 0 Å². The topological polar surface area (TPSA) is 48.1 Å². The molecule has 0 aliphatic rings. The minimum Gasteiger partial charge on any atom is -0.497 e. The molecule has 0 fully saturated rings. The minimum absolute atomic E-state index is 0.0521. The molecule has 0 bridgehead atoms. The van der Waals surface area contributed by atoms with E-state index < -0.39 is 0 Å². The number of nitrogens with zero attached hydrogens (tertiary/aromatic N) is 1. The summed E-state index contributed by atoms with van der Waals surface area (Å²) in [5.41, 5.74) is 7.25. The SMILES string of the molecule is COc1ccc(SC(c2cccnc2)C(C)N)cc1. The molecule has 2 atom stereocenters. The number of pyridine rings is 1. The van der Waals surface area contributed by atoms with Crippen LogP contribution in [0.15, 0.2) is 53.7 Å². The second-order valence-electron chi connectivity index (χ2n) is 4.36. The van der Waals surface area contributed by atoms with Crippen molar-refractivity contribution in [1.82, 2.24) is 4.98 Å². The van der Waals surface area contributed by atoms with E-state index in [1.807, 2.05) is 31.3 Å². The molecule has 0 aliphatic heterocycles. The van der Waals surface area contributed by atoms with E-state index in [4.69, 9.17) is 10.5 Å². The van der Waals surface area contributed by atoms with Crippen LogP contribution in [-0.4, -0.2) is 18.1 Å². The third-order valence-corrected chi connectivity index (χ3v) is 4.31. The third kappa shape index (κ3) is 3.72. The van der Waals surface area contributed by atoms with Gasteiger partial charge >= 0.3 is 0 Å². The molecule has 2 unspecified atom stereocenters. The van der Waals surface area contributed by atoms with Crippen LogP contribution < -0.4 is 10.5 Å². The van der Waals surface area contributed by atoms with Crippen molar-refractivity contribution in [2.75, 3.05) is 7.11 Å². The van der Waals surface area contributed by atoms with Gasteiger partial charge in [-0.1, -0.05) is 6.07 Å². The molecule has 0 saturated heterocycles. The number of rotatable bonds is 5. The zero-order valence-corrected chi connectivity index (χ0v) is 11.9. The van der Waals surface area contributed by atoms with Gasteiger partial charge < -0.3 is 10.5 Å². The highest BCUT2D eigenvalue weighted by molar-refractivity contribution is 7.99. The lowest BCUT2D eigenvalue weighted by atomic mass is 10.1. The number of hydrogen-bond acceptors (Lipinski definition) is 4. The highest BCUT2D eigenvalue weighted by atomic mass is 32.2. The second-order valence-corrected chi connectivity index (χ2v) is 5.57. The number of ether oxygens (including phenoxy) is 1. The maximum atomic E-state index is 6.10. The summed E-state index contributed by atoms with van der Waals surface area (Å²) in [5, 5.41) is 0.196. The number of methoxy groups -OCH3 is 1. The average molecular weight is 274 g/mol. The summed E-state index contributed by atoms with van der Waals surface area (Å²) in [7, 11) is 1.67. The van der Waals surface area contributed by atoms with Crippen molar-refractivity contribution in [2.24, 2.45) is 5.73 Å². The largest absolute Gasteiger partial charge is 0.497 e. The molecule has 2 N–H and O–H groups in total. The van der Waals surface area contributed by atoms with Gasteiger partial charge in [0, 0.05) is 23.3 Å². The molecule has 3 nitrogen and oxygen atoms in total. The minimum atomic E-state index is 0.0521. The Morgan fingerprint density at radius 3 is 2.47 bits per heavy atom. The zero-order valence-electron chi connectivity index (χ0n) is 11.1. The van der Waals surface area contributed by atoms with Gasteiger partial charge in [-0.3, -0.25) is 4.98 Å². The van der Waals surface area contributed by atoms with Gasteiger partial charge in [-0.25, -0.2) is 0 Å². The number of benzene rings is 1. The van der Waals surface area contributed by atoms with Crippen LogP contribution in [0.4, 0.5) is 0 Å². The van der Waals surface area contributed by atoms with Crippen molar-refractivity contribution in [1.29, 1.82) is 0 Å². The molecule has 1 aromatic heterocycles. The van der Waals surface area contributed by atoms with Gasteiger partial charge in [-0.05, 0) is 42.8 Å². The van der Waals surface area contributed by atoms with Crippen molar-refractivity contribution in [3.8, 4) is 5.75 Å². The van der Waals surface area contributed by atoms with E-state index in [9.17, 15) is 0 Å². The van der Waals surface area contributed by atoms with Crippen molar-refractivity contribution >= 4 is 11.8 Å². The molecule has 0 saturated carbocycles. The van der Waals surface area contributed by atoms with E-state index in [1.165, 1.54) is 4.90 Å². The van der Waals surface area contributed by atoms with Gasteiger partial charge in [0.1, 0.15) is 5.75 Å². The summed E-state index contributed by atoms with van der Waals surface area (Å²) in [4.78, 5) is 5.34. The van der Waals surface area contributed by atoms with Crippen LogP contribution in [0.5, 0.6) is 5.75 Å². The number of aromatic nitrogens is 1. The smallest absolute Gasteiger partial charge is 0.118 e. The maximum Gasteiger partial charge on any atom is 0.118 e. The van der Waals surface area contributed by atoms with Gasteiger partial charge in [0.05, 0.1) is 12.4 Å². The Hall–Kier alpha value is -1.52. The number of hydrogen-bond donors (Lipinski definition) is 1. The lowest BCUT2D eigenvalue weighted by Crippen LogP contribution is -2.22. The van der Waals surface area contributed by atoms with Gasteiger partial charge in [-0.15, -0.1) is 11.8 Å². The molecule has 0 radical (unpaired) electrons. The van der Waals surface area contributed by atoms with Crippen LogP contribution in [0.25, 0.3) is 0 Å². The Morgan fingerprint density at radius 1 is 1.21 bits per heavy atom. The van der Waals surface area contributed by atoms with Crippen LogP contribution >= 0.6 is 11.8 Å². The summed E-state index contributed by atoms with van der Waals surface area (Å²) in [6, 6.07) is 12.1. The van der Waals surface area contributed by atoms with E-state index in [0.717, 1.165) is 11.3 Å². The average Bonchev–Trinajstić information content (AvgIpc) is 2.46. The van der Waals surface area contributed by atoms with Crippen LogP contribution in [0.2, 0.25) is 0 Å². The zero-order chi connectivity index (χ0) is 13.7. The van der Waals surface area contributed by atoms with Crippen molar-refractivity contribution in [3.63, 3.8) is 0 Å². The Morgan fingerprint density at radius 2 is 1.95 bits per heavy atom. The molecule has 4 heteroatoms. The molecule has 19 heavy (non-hydrogen) atoms. The van der Waals surface area contributed by atoms with Gasteiger partial charge in [0.25, 0.3) is 0 Å². The maximum absolute atomic E-state index is 6.10. The first-order valence-corrected chi connectivity index (χ1v) is 7.05. The lowest BCUT2D eigenvalue weighted by Gasteiger charge is -2.20. The molecule has 1 aromatic carbocycles. The molecule has 2 aromatic rings. The van der Waals surface area contributed by atoms with Crippen molar-refractivity contribution in [2.45, 2.75) is 23.1 Å². The fraction of sp³-hybridized carbons (Fsp3) is 0.267. The van der Waals surface area contributed by atoms with Crippen LogP contribution in [0.1, 0.15) is 17.7 Å². The molecule has 1 heterocycles. The molecular weight excluding hydrogens is 256 g/mol. The van der Waals surface area contributed by atoms with Gasteiger partial charge in [0.2, 0.25) is 0 Å². The van der Waals surface area contributed by atoms with Gasteiger partial charge in [0.15, 0.2) is 0 Å². The van der Waals surface area contributed by atoms with E-state index in [1.54, 1.807) is 25.1 Å². The Kier molecular flexibility index (Phi) is 4.82. The number of nitrogens with two attached hydrogens (primary N) is 1. The van der Waals surface area contributed by atoms with Crippen molar-refractivity contribution < 1.29 is 4.74 Å². The normalized spacial score (nSPS) is 13.8. The molecule has 0 spiro atoms. The molecule has 0 amide bonds. The summed E-state index contributed by atoms with van der Waals surface area (Å²) >= 11 is 1.75. The predicted octanol–water partition coefficient (Wildman–Crippen LogP) is 3.27.